The van der Waals surface area contributed by atoms with Crippen LogP contribution in [0.4, 0.5) is 0 Å². The third kappa shape index (κ3) is 0.786. The van der Waals surface area contributed by atoms with Crippen LogP contribution in [0.5, 0.6) is 0 Å². The molecule has 2 rings (SSSR count). The van der Waals surface area contributed by atoms with Gasteiger partial charge in [0.25, 0.3) is 0 Å². The first-order valence-electron chi connectivity index (χ1n) is 2.93. The quantitative estimate of drug-likeness (QED) is 0.497. The summed E-state index contributed by atoms with van der Waals surface area (Å²) in [6.07, 6.45) is 0. The number of rotatable bonds is 0. The van der Waals surface area contributed by atoms with Crippen LogP contribution in [0.2, 0.25) is 0 Å². The Balaban J connectivity index is 2.40. The molecule has 0 spiro atoms. The average Bonchev–Trinajstić information content (AvgIpc) is 2.36. The minimum atomic E-state index is 0.518. The van der Waals surface area contributed by atoms with E-state index in [1.807, 2.05) is 0 Å². The van der Waals surface area contributed by atoms with Crippen molar-refractivity contribution in [3.05, 3.63) is 0 Å². The predicted molar refractivity (Wildman–Crippen MR) is 40.9 cm³/mol. The fourth-order valence-corrected chi connectivity index (χ4v) is 1.36. The van der Waals surface area contributed by atoms with Crippen molar-refractivity contribution in [2.24, 2.45) is 15.0 Å². The zero-order chi connectivity index (χ0) is 6.97. The van der Waals surface area contributed by atoms with Crippen LogP contribution in [0, 0.1) is 0 Å². The van der Waals surface area contributed by atoms with E-state index in [0.717, 1.165) is 16.2 Å². The maximum absolute atomic E-state index is 4.15. The van der Waals surface area contributed by atoms with Gasteiger partial charge in [-0.1, -0.05) is 0 Å². The Morgan fingerprint density at radius 1 is 1.30 bits per heavy atom. The van der Waals surface area contributed by atoms with Gasteiger partial charge < -0.3 is 0 Å². The second-order valence-electron chi connectivity index (χ2n) is 1.95. The summed E-state index contributed by atoms with van der Waals surface area (Å²) in [7, 11) is 0. The van der Waals surface area contributed by atoms with Gasteiger partial charge in [0.1, 0.15) is 0 Å². The third-order valence-electron chi connectivity index (χ3n) is 1.35. The van der Waals surface area contributed by atoms with Crippen LogP contribution < -0.4 is 5.32 Å². The normalized spacial score (nSPS) is 22.2. The minimum absolute atomic E-state index is 0.518. The molecule has 0 saturated carbocycles. The van der Waals surface area contributed by atoms with E-state index in [4.69, 9.17) is 0 Å². The maximum atomic E-state index is 4.15. The molecule has 0 fully saturated rings. The Bertz CT molecular complexity index is 252. The Morgan fingerprint density at radius 2 is 2.20 bits per heavy atom. The summed E-state index contributed by atoms with van der Waals surface area (Å²) in [4.78, 5) is 12.3. The Morgan fingerprint density at radius 3 is 3.00 bits per heavy atom. The monoisotopic (exact) mass is 201 g/mol. The number of amidine groups is 1. The molecule has 0 saturated heterocycles. The third-order valence-corrected chi connectivity index (χ3v) is 2.03. The number of nitrogens with zero attached hydrogens (tertiary/aromatic N) is 3. The molecule has 5 heteroatoms. The van der Waals surface area contributed by atoms with E-state index in [0.29, 0.717) is 13.3 Å². The summed E-state index contributed by atoms with van der Waals surface area (Å²) >= 11 is 2.85. The molecular formula is C5H5N4Se. The molecule has 0 atom stereocenters. The molecule has 0 amide bonds. The Kier molecular flexibility index (Phi) is 1.32. The van der Waals surface area contributed by atoms with E-state index in [1.54, 1.807) is 0 Å². The molecule has 1 N–H and O–H groups in total. The molecule has 0 aliphatic carbocycles. The van der Waals surface area contributed by atoms with Crippen LogP contribution in [0.15, 0.2) is 15.0 Å². The average molecular weight is 200 g/mol. The SMILES string of the molecule is [Se]C1=NCN=C2NCN=C12. The Labute approximate surface area is 66.4 Å². The number of nitrogens with one attached hydrogen (secondary N) is 1. The zero-order valence-electron chi connectivity index (χ0n) is 5.16. The molecule has 2 aliphatic heterocycles. The number of hydrogen-bond donors (Lipinski definition) is 1. The second-order valence-corrected chi connectivity index (χ2v) is 2.76. The topological polar surface area (TPSA) is 49.1 Å². The van der Waals surface area contributed by atoms with Crippen molar-refractivity contribution in [1.82, 2.24) is 5.32 Å². The summed E-state index contributed by atoms with van der Waals surface area (Å²) in [5.41, 5.74) is 0.881. The van der Waals surface area contributed by atoms with Gasteiger partial charge in [0.2, 0.25) is 0 Å². The molecule has 2 heterocycles. The number of hydrogen-bond acceptors (Lipinski definition) is 4. The van der Waals surface area contributed by atoms with Crippen LogP contribution in [-0.4, -0.2) is 45.5 Å². The molecule has 0 unspecified atom stereocenters. The van der Waals surface area contributed by atoms with E-state index < -0.39 is 0 Å². The molecule has 0 bridgehead atoms. The van der Waals surface area contributed by atoms with Crippen molar-refractivity contribution in [1.29, 1.82) is 0 Å². The second kappa shape index (κ2) is 2.18. The summed E-state index contributed by atoms with van der Waals surface area (Å²) in [6, 6.07) is 0. The summed E-state index contributed by atoms with van der Waals surface area (Å²) < 4.78 is 0.870. The molecule has 0 aromatic rings. The van der Waals surface area contributed by atoms with Crippen molar-refractivity contribution in [3.63, 3.8) is 0 Å². The first-order valence-corrected chi connectivity index (χ1v) is 3.78. The number of fused-ring (bicyclic) bond motifs is 1. The molecule has 0 aromatic carbocycles. The van der Waals surface area contributed by atoms with Gasteiger partial charge in [0.15, 0.2) is 0 Å². The predicted octanol–water partition coefficient (Wildman–Crippen LogP) is -1.08. The molecular weight excluding hydrogens is 195 g/mol. The fourth-order valence-electron chi connectivity index (χ4n) is 0.897. The van der Waals surface area contributed by atoms with Crippen molar-refractivity contribution in [2.45, 2.75) is 0 Å². The molecule has 0 aromatic heterocycles. The van der Waals surface area contributed by atoms with Crippen LogP contribution >= 0.6 is 0 Å². The van der Waals surface area contributed by atoms with Crippen molar-refractivity contribution < 1.29 is 0 Å². The molecule has 4 nitrogen and oxygen atoms in total. The summed E-state index contributed by atoms with van der Waals surface area (Å²) in [6.45, 7) is 1.15. The van der Waals surface area contributed by atoms with Gasteiger partial charge in [-0.2, -0.15) is 0 Å². The summed E-state index contributed by atoms with van der Waals surface area (Å²) in [5, 5.41) is 3.03. The van der Waals surface area contributed by atoms with E-state index in [1.165, 1.54) is 0 Å². The van der Waals surface area contributed by atoms with Crippen LogP contribution in [0.25, 0.3) is 0 Å². The van der Waals surface area contributed by atoms with Gasteiger partial charge in [-0.3, -0.25) is 0 Å². The van der Waals surface area contributed by atoms with Gasteiger partial charge >= 0.3 is 65.8 Å². The van der Waals surface area contributed by atoms with E-state index in [-0.39, 0.29) is 0 Å². The van der Waals surface area contributed by atoms with Gasteiger partial charge in [0, 0.05) is 0 Å². The number of aliphatic imine (C=N–C) groups is 3. The van der Waals surface area contributed by atoms with Crippen molar-refractivity contribution in [2.75, 3.05) is 13.3 Å². The van der Waals surface area contributed by atoms with Gasteiger partial charge in [-0.15, -0.1) is 0 Å². The van der Waals surface area contributed by atoms with Crippen molar-refractivity contribution in [3.8, 4) is 0 Å². The van der Waals surface area contributed by atoms with Crippen LogP contribution in [-0.2, 0) is 0 Å². The van der Waals surface area contributed by atoms with Gasteiger partial charge in [-0.25, -0.2) is 0 Å². The van der Waals surface area contributed by atoms with Crippen LogP contribution in [0.3, 0.4) is 0 Å². The zero-order valence-corrected chi connectivity index (χ0v) is 6.88. The van der Waals surface area contributed by atoms with Gasteiger partial charge in [0.05, 0.1) is 0 Å². The molecule has 1 radical (unpaired) electrons. The van der Waals surface area contributed by atoms with E-state index in [9.17, 15) is 0 Å². The van der Waals surface area contributed by atoms with Gasteiger partial charge in [-0.05, 0) is 0 Å². The first kappa shape index (κ1) is 6.07. The van der Waals surface area contributed by atoms with Crippen molar-refractivity contribution >= 4 is 32.2 Å². The van der Waals surface area contributed by atoms with Crippen LogP contribution in [0.1, 0.15) is 0 Å². The summed E-state index contributed by atoms with van der Waals surface area (Å²) in [5.74, 6) is 0.878. The Hall–Kier alpha value is -0.671. The fraction of sp³-hybridized carbons (Fsp3) is 0.400. The molecule has 2 aliphatic rings. The van der Waals surface area contributed by atoms with E-state index in [2.05, 4.69) is 36.3 Å². The molecule has 10 heavy (non-hydrogen) atoms. The standard InChI is InChI=1S/C5H5N4Se/c10-5-3-4(7-1-6-3)8-2-9-5/h1-2H2,(H,7,8). The van der Waals surface area contributed by atoms with E-state index >= 15 is 0 Å². The first-order chi connectivity index (χ1) is 4.88. The molecule has 51 valence electrons.